The zero-order valence-corrected chi connectivity index (χ0v) is 9.88. The number of aliphatic hydroxyl groups excluding tert-OH is 1. The molecule has 2 rings (SSSR count). The first-order chi connectivity index (χ1) is 8.02. The Hall–Kier alpha value is -1.68. The van der Waals surface area contributed by atoms with Crippen molar-refractivity contribution in [2.24, 2.45) is 0 Å². The zero-order chi connectivity index (χ0) is 12.6. The minimum absolute atomic E-state index is 0.221. The Bertz CT molecular complexity index is 467. The monoisotopic (exact) mass is 233 g/mol. The fourth-order valence-electron chi connectivity index (χ4n) is 2.00. The molecule has 1 aromatic rings. The van der Waals surface area contributed by atoms with Gasteiger partial charge < -0.3 is 5.11 Å². The van der Waals surface area contributed by atoms with Crippen molar-refractivity contribution in [2.45, 2.75) is 32.4 Å². The molecule has 1 aliphatic rings. The number of fused-ring (bicyclic) bond motifs is 1. The molecule has 1 N–H and O–H groups in total. The van der Waals surface area contributed by atoms with Crippen molar-refractivity contribution in [1.82, 2.24) is 4.90 Å². The van der Waals surface area contributed by atoms with Gasteiger partial charge in [0.05, 0.1) is 18.6 Å². The number of hydrogen-bond acceptors (Lipinski definition) is 3. The van der Waals surface area contributed by atoms with Gasteiger partial charge in [-0.25, -0.2) is 0 Å². The van der Waals surface area contributed by atoms with Crippen LogP contribution in [0.1, 0.15) is 29.8 Å². The van der Waals surface area contributed by atoms with E-state index in [-0.39, 0.29) is 18.2 Å². The molecule has 0 radical (unpaired) electrons. The van der Waals surface area contributed by atoms with Crippen LogP contribution in [0.5, 0.6) is 0 Å². The summed E-state index contributed by atoms with van der Waals surface area (Å²) in [5.74, 6) is -0.563. The number of amides is 2. The van der Waals surface area contributed by atoms with E-state index in [9.17, 15) is 14.7 Å². The Kier molecular flexibility index (Phi) is 2.98. The zero-order valence-electron chi connectivity index (χ0n) is 9.88. The number of imide groups is 1. The number of aliphatic hydroxyl groups is 1. The van der Waals surface area contributed by atoms with Crippen molar-refractivity contribution in [1.29, 1.82) is 0 Å². The van der Waals surface area contributed by atoms with Crippen molar-refractivity contribution in [3.05, 3.63) is 35.4 Å². The first-order valence-electron chi connectivity index (χ1n) is 5.64. The maximum atomic E-state index is 12.2. The first-order valence-corrected chi connectivity index (χ1v) is 5.64. The number of nitrogens with zero attached hydrogens (tertiary/aromatic N) is 1. The normalized spacial score (nSPS) is 18.9. The fraction of sp³-hybridized carbons (Fsp3) is 0.385. The second kappa shape index (κ2) is 4.30. The molecule has 1 heterocycles. The largest absolute Gasteiger partial charge is 0.391 e. The predicted molar refractivity (Wildman–Crippen MR) is 62.5 cm³/mol. The van der Waals surface area contributed by atoms with Crippen LogP contribution in [0.15, 0.2) is 24.3 Å². The van der Waals surface area contributed by atoms with Gasteiger partial charge in [0, 0.05) is 5.56 Å². The summed E-state index contributed by atoms with van der Waals surface area (Å²) >= 11 is 0. The Balaban J connectivity index is 2.40. The third kappa shape index (κ3) is 1.96. The van der Waals surface area contributed by atoms with Gasteiger partial charge in [0.1, 0.15) is 0 Å². The Morgan fingerprint density at radius 2 is 1.88 bits per heavy atom. The minimum Gasteiger partial charge on any atom is -0.391 e. The van der Waals surface area contributed by atoms with Crippen LogP contribution in [-0.4, -0.2) is 34.0 Å². The van der Waals surface area contributed by atoms with Gasteiger partial charge in [0.15, 0.2) is 0 Å². The molecular formula is C13H15NO3. The molecule has 0 saturated heterocycles. The topological polar surface area (TPSA) is 57.6 Å². The van der Waals surface area contributed by atoms with E-state index in [0.29, 0.717) is 5.56 Å². The summed E-state index contributed by atoms with van der Waals surface area (Å²) in [5, 5.41) is 9.51. The molecular weight excluding hydrogens is 218 g/mol. The lowest BCUT2D eigenvalue weighted by atomic mass is 9.96. The van der Waals surface area contributed by atoms with E-state index in [1.54, 1.807) is 32.0 Å². The Morgan fingerprint density at radius 3 is 2.53 bits per heavy atom. The summed E-state index contributed by atoms with van der Waals surface area (Å²) in [6, 6.07) is 6.59. The van der Waals surface area contributed by atoms with Crippen LogP contribution < -0.4 is 0 Å². The molecule has 4 nitrogen and oxygen atoms in total. The maximum Gasteiger partial charge on any atom is 0.261 e. The third-order valence-corrected chi connectivity index (χ3v) is 3.18. The van der Waals surface area contributed by atoms with Crippen molar-refractivity contribution in [2.75, 3.05) is 0 Å². The van der Waals surface area contributed by atoms with Crippen LogP contribution in [0.25, 0.3) is 0 Å². The summed E-state index contributed by atoms with van der Waals surface area (Å²) < 4.78 is 0. The van der Waals surface area contributed by atoms with Gasteiger partial charge in [-0.15, -0.1) is 0 Å². The number of hydrogen-bond donors (Lipinski definition) is 1. The van der Waals surface area contributed by atoms with E-state index in [1.165, 1.54) is 0 Å². The molecule has 17 heavy (non-hydrogen) atoms. The molecule has 1 aromatic carbocycles. The van der Waals surface area contributed by atoms with Crippen LogP contribution in [-0.2, 0) is 11.2 Å². The summed E-state index contributed by atoms with van der Waals surface area (Å²) in [6.07, 6.45) is -0.507. The molecule has 0 fully saturated rings. The van der Waals surface area contributed by atoms with Gasteiger partial charge in [-0.2, -0.15) is 0 Å². The standard InChI is InChI=1S/C13H15NO3/c1-8(9(2)15)14-12(16)7-10-5-3-4-6-11(10)13(14)17/h3-6,8-9,15H,7H2,1-2H3. The van der Waals surface area contributed by atoms with Crippen molar-refractivity contribution in [3.8, 4) is 0 Å². The molecule has 1 aliphatic heterocycles. The van der Waals surface area contributed by atoms with Crippen LogP contribution in [0.3, 0.4) is 0 Å². The highest BCUT2D eigenvalue weighted by Gasteiger charge is 2.35. The lowest BCUT2D eigenvalue weighted by Gasteiger charge is -2.33. The molecule has 0 bridgehead atoms. The quantitative estimate of drug-likeness (QED) is 0.775. The summed E-state index contributed by atoms with van der Waals surface area (Å²) in [6.45, 7) is 3.25. The molecule has 90 valence electrons. The lowest BCUT2D eigenvalue weighted by molar-refractivity contribution is -0.131. The van der Waals surface area contributed by atoms with E-state index >= 15 is 0 Å². The smallest absolute Gasteiger partial charge is 0.261 e. The highest BCUT2D eigenvalue weighted by atomic mass is 16.3. The number of carbonyl (C=O) groups is 2. The van der Waals surface area contributed by atoms with Crippen LogP contribution >= 0.6 is 0 Å². The fourth-order valence-corrected chi connectivity index (χ4v) is 2.00. The SMILES string of the molecule is CC(O)C(C)N1C(=O)Cc2ccccc2C1=O. The molecule has 2 amide bonds. The van der Waals surface area contributed by atoms with E-state index in [2.05, 4.69) is 0 Å². The van der Waals surface area contributed by atoms with Crippen LogP contribution in [0.2, 0.25) is 0 Å². The highest BCUT2D eigenvalue weighted by molar-refractivity contribution is 6.09. The molecule has 0 saturated carbocycles. The van der Waals surface area contributed by atoms with Gasteiger partial charge in [-0.05, 0) is 25.5 Å². The van der Waals surface area contributed by atoms with Gasteiger partial charge in [-0.1, -0.05) is 18.2 Å². The first kappa shape index (κ1) is 11.8. The van der Waals surface area contributed by atoms with Crippen LogP contribution in [0, 0.1) is 0 Å². The molecule has 2 unspecified atom stereocenters. The number of rotatable bonds is 2. The van der Waals surface area contributed by atoms with E-state index in [0.717, 1.165) is 10.5 Å². The molecule has 2 atom stereocenters. The summed E-state index contributed by atoms with van der Waals surface area (Å²) in [7, 11) is 0. The summed E-state index contributed by atoms with van der Waals surface area (Å²) in [5.41, 5.74) is 1.32. The van der Waals surface area contributed by atoms with E-state index < -0.39 is 12.1 Å². The molecule has 4 heteroatoms. The van der Waals surface area contributed by atoms with Crippen molar-refractivity contribution >= 4 is 11.8 Å². The van der Waals surface area contributed by atoms with Crippen LogP contribution in [0.4, 0.5) is 0 Å². The minimum atomic E-state index is -0.729. The Labute approximate surface area is 99.9 Å². The van der Waals surface area contributed by atoms with E-state index in [1.807, 2.05) is 6.07 Å². The van der Waals surface area contributed by atoms with Gasteiger partial charge in [0.2, 0.25) is 5.91 Å². The second-order valence-corrected chi connectivity index (χ2v) is 4.38. The van der Waals surface area contributed by atoms with Crippen molar-refractivity contribution < 1.29 is 14.7 Å². The maximum absolute atomic E-state index is 12.2. The van der Waals surface area contributed by atoms with Gasteiger partial charge in [-0.3, -0.25) is 14.5 Å². The highest BCUT2D eigenvalue weighted by Crippen LogP contribution is 2.22. The van der Waals surface area contributed by atoms with Gasteiger partial charge in [0.25, 0.3) is 5.91 Å². The number of carbonyl (C=O) groups excluding carboxylic acids is 2. The number of benzene rings is 1. The van der Waals surface area contributed by atoms with Gasteiger partial charge >= 0.3 is 0 Å². The third-order valence-electron chi connectivity index (χ3n) is 3.18. The average Bonchev–Trinajstić information content (AvgIpc) is 2.28. The molecule has 0 aromatic heterocycles. The summed E-state index contributed by atoms with van der Waals surface area (Å²) in [4.78, 5) is 25.2. The molecule has 0 aliphatic carbocycles. The van der Waals surface area contributed by atoms with Crippen molar-refractivity contribution in [3.63, 3.8) is 0 Å². The Morgan fingerprint density at radius 1 is 1.24 bits per heavy atom. The average molecular weight is 233 g/mol. The molecule has 0 spiro atoms. The lowest BCUT2D eigenvalue weighted by Crippen LogP contribution is -2.51. The van der Waals surface area contributed by atoms with E-state index in [4.69, 9.17) is 0 Å². The second-order valence-electron chi connectivity index (χ2n) is 4.38. The predicted octanol–water partition coefficient (Wildman–Crippen LogP) is 0.981.